The topological polar surface area (TPSA) is 61.4 Å². The lowest BCUT2D eigenvalue weighted by molar-refractivity contribution is -0.123. The molecule has 0 fully saturated rings. The Hall–Kier alpha value is -3.60. The van der Waals surface area contributed by atoms with E-state index in [1.807, 2.05) is 54.6 Å². The Morgan fingerprint density at radius 1 is 0.833 bits per heavy atom. The highest BCUT2D eigenvalue weighted by Gasteiger charge is 2.19. The molecular weight excluding hydrogens is 374 g/mol. The number of hydrogen-bond acceptors (Lipinski definition) is 3. The van der Waals surface area contributed by atoms with E-state index in [1.54, 1.807) is 0 Å². The van der Waals surface area contributed by atoms with Crippen molar-refractivity contribution in [3.8, 4) is 0 Å². The molecule has 0 spiro atoms. The Labute approximate surface area is 176 Å². The van der Waals surface area contributed by atoms with Crippen LogP contribution in [-0.4, -0.2) is 24.9 Å². The maximum Gasteiger partial charge on any atom is 0.243 e. The number of anilines is 2. The molecule has 0 bridgehead atoms. The molecule has 2 N–H and O–H groups in total. The number of amides is 2. The van der Waals surface area contributed by atoms with E-state index in [-0.39, 0.29) is 24.8 Å². The van der Waals surface area contributed by atoms with Gasteiger partial charge in [0.1, 0.15) is 0 Å². The Balaban J connectivity index is 1.34. The highest BCUT2D eigenvalue weighted by atomic mass is 16.2. The molecule has 0 atom stereocenters. The first-order valence-corrected chi connectivity index (χ1v) is 10.2. The minimum Gasteiger partial charge on any atom is -0.367 e. The van der Waals surface area contributed by atoms with Gasteiger partial charge in [-0.25, -0.2) is 0 Å². The van der Waals surface area contributed by atoms with E-state index >= 15 is 0 Å². The van der Waals surface area contributed by atoms with Crippen molar-refractivity contribution in [3.05, 3.63) is 95.6 Å². The van der Waals surface area contributed by atoms with Crippen molar-refractivity contribution in [3.63, 3.8) is 0 Å². The first kappa shape index (κ1) is 19.7. The number of hydrogen-bond donors (Lipinski definition) is 2. The lowest BCUT2D eigenvalue weighted by atomic mass is 10.1. The summed E-state index contributed by atoms with van der Waals surface area (Å²) in [6.45, 7) is 1.65. The molecule has 2 amide bonds. The second kappa shape index (κ2) is 9.27. The third-order valence-electron chi connectivity index (χ3n) is 5.29. The van der Waals surface area contributed by atoms with E-state index in [1.165, 1.54) is 11.3 Å². The first-order valence-electron chi connectivity index (χ1n) is 10.2. The van der Waals surface area contributed by atoms with Crippen LogP contribution in [0.1, 0.15) is 16.7 Å². The largest absolute Gasteiger partial charge is 0.367 e. The van der Waals surface area contributed by atoms with Crippen molar-refractivity contribution >= 4 is 23.2 Å². The van der Waals surface area contributed by atoms with Crippen LogP contribution in [0.2, 0.25) is 0 Å². The summed E-state index contributed by atoms with van der Waals surface area (Å²) in [6, 6.07) is 25.8. The molecule has 0 saturated carbocycles. The molecule has 30 heavy (non-hydrogen) atoms. The van der Waals surface area contributed by atoms with Crippen LogP contribution >= 0.6 is 0 Å². The molecule has 0 saturated heterocycles. The van der Waals surface area contributed by atoms with Gasteiger partial charge in [0.25, 0.3) is 0 Å². The van der Waals surface area contributed by atoms with Crippen LogP contribution in [0, 0.1) is 0 Å². The normalized spacial score (nSPS) is 12.3. The summed E-state index contributed by atoms with van der Waals surface area (Å²) in [7, 11) is 0. The number of fused-ring (bicyclic) bond motifs is 1. The molecule has 0 unspecified atom stereocenters. The molecule has 1 heterocycles. The molecule has 4 rings (SSSR count). The van der Waals surface area contributed by atoms with Gasteiger partial charge in [0, 0.05) is 24.5 Å². The van der Waals surface area contributed by atoms with E-state index in [4.69, 9.17) is 0 Å². The van der Waals surface area contributed by atoms with Crippen molar-refractivity contribution < 1.29 is 9.59 Å². The number of carbonyl (C=O) groups excluding carboxylic acids is 2. The standard InChI is InChI=1S/C25H25N3O2/c29-24(16-19-8-2-1-3-9-19)26-17-25(30)27-22-12-6-4-11-21(22)18-28-15-14-20-10-5-7-13-23(20)28/h1-13H,14-18H2,(H,26,29)(H,27,30). The highest BCUT2D eigenvalue weighted by molar-refractivity contribution is 5.95. The number of para-hydroxylation sites is 2. The fourth-order valence-electron chi connectivity index (χ4n) is 3.77. The molecule has 152 valence electrons. The summed E-state index contributed by atoms with van der Waals surface area (Å²) in [6.07, 6.45) is 1.30. The van der Waals surface area contributed by atoms with Crippen LogP contribution in [0.4, 0.5) is 11.4 Å². The Morgan fingerprint density at radius 3 is 2.43 bits per heavy atom. The molecule has 3 aromatic rings. The second-order valence-corrected chi connectivity index (χ2v) is 7.44. The smallest absolute Gasteiger partial charge is 0.243 e. The number of nitrogens with one attached hydrogen (secondary N) is 2. The summed E-state index contributed by atoms with van der Waals surface area (Å²) < 4.78 is 0. The minimum atomic E-state index is -0.231. The van der Waals surface area contributed by atoms with E-state index < -0.39 is 0 Å². The van der Waals surface area contributed by atoms with Gasteiger partial charge < -0.3 is 15.5 Å². The zero-order chi connectivity index (χ0) is 20.8. The van der Waals surface area contributed by atoms with Crippen molar-refractivity contribution in [2.75, 3.05) is 23.3 Å². The summed E-state index contributed by atoms with van der Waals surface area (Å²) in [5, 5.41) is 5.64. The average molecular weight is 399 g/mol. The first-order chi connectivity index (χ1) is 14.7. The van der Waals surface area contributed by atoms with Gasteiger partial charge in [-0.1, -0.05) is 66.7 Å². The predicted molar refractivity (Wildman–Crippen MR) is 119 cm³/mol. The average Bonchev–Trinajstić information content (AvgIpc) is 3.17. The van der Waals surface area contributed by atoms with Gasteiger partial charge in [-0.2, -0.15) is 0 Å². The third-order valence-corrected chi connectivity index (χ3v) is 5.29. The molecule has 0 radical (unpaired) electrons. The molecule has 1 aliphatic rings. The van der Waals surface area contributed by atoms with Gasteiger partial charge >= 0.3 is 0 Å². The maximum absolute atomic E-state index is 12.4. The van der Waals surface area contributed by atoms with Gasteiger partial charge in [-0.15, -0.1) is 0 Å². The maximum atomic E-state index is 12.4. The third kappa shape index (κ3) is 4.87. The van der Waals surface area contributed by atoms with Crippen molar-refractivity contribution in [2.24, 2.45) is 0 Å². The Morgan fingerprint density at radius 2 is 1.57 bits per heavy atom. The lowest BCUT2D eigenvalue weighted by Gasteiger charge is -2.21. The zero-order valence-electron chi connectivity index (χ0n) is 16.8. The predicted octanol–water partition coefficient (Wildman–Crippen LogP) is 3.55. The van der Waals surface area contributed by atoms with Crippen LogP contribution in [0.25, 0.3) is 0 Å². The van der Waals surface area contributed by atoms with Crippen LogP contribution in [0.5, 0.6) is 0 Å². The summed E-state index contributed by atoms with van der Waals surface area (Å²) in [5.41, 5.74) is 5.38. The molecule has 5 heteroatoms. The molecular formula is C25H25N3O2. The summed E-state index contributed by atoms with van der Waals surface area (Å²) >= 11 is 0. The van der Waals surface area contributed by atoms with Gasteiger partial charge in [0.2, 0.25) is 11.8 Å². The fraction of sp³-hybridized carbons (Fsp3) is 0.200. The van der Waals surface area contributed by atoms with Gasteiger partial charge in [-0.05, 0) is 35.2 Å². The van der Waals surface area contributed by atoms with Crippen LogP contribution in [-0.2, 0) is 29.0 Å². The highest BCUT2D eigenvalue weighted by Crippen LogP contribution is 2.30. The number of benzene rings is 3. The Kier molecular flexibility index (Phi) is 6.09. The van der Waals surface area contributed by atoms with E-state index in [9.17, 15) is 9.59 Å². The molecule has 5 nitrogen and oxygen atoms in total. The summed E-state index contributed by atoms with van der Waals surface area (Å²) in [4.78, 5) is 26.8. The van der Waals surface area contributed by atoms with Gasteiger partial charge in [0.15, 0.2) is 0 Å². The van der Waals surface area contributed by atoms with Crippen LogP contribution < -0.4 is 15.5 Å². The van der Waals surface area contributed by atoms with Crippen LogP contribution in [0.15, 0.2) is 78.9 Å². The van der Waals surface area contributed by atoms with Gasteiger partial charge in [-0.3, -0.25) is 9.59 Å². The lowest BCUT2D eigenvalue weighted by Crippen LogP contribution is -2.34. The Bertz CT molecular complexity index is 1030. The van der Waals surface area contributed by atoms with E-state index in [0.717, 1.165) is 36.3 Å². The van der Waals surface area contributed by atoms with Crippen molar-refractivity contribution in [2.45, 2.75) is 19.4 Å². The number of nitrogens with zero attached hydrogens (tertiary/aromatic N) is 1. The quantitative estimate of drug-likeness (QED) is 0.639. The zero-order valence-corrected chi connectivity index (χ0v) is 16.8. The van der Waals surface area contributed by atoms with E-state index in [0.29, 0.717) is 0 Å². The van der Waals surface area contributed by atoms with Gasteiger partial charge in [0.05, 0.1) is 13.0 Å². The molecule has 0 aromatic heterocycles. The molecule has 3 aromatic carbocycles. The van der Waals surface area contributed by atoms with Crippen molar-refractivity contribution in [1.29, 1.82) is 0 Å². The SMILES string of the molecule is O=C(Cc1ccccc1)NCC(=O)Nc1ccccc1CN1CCc2ccccc21. The molecule has 1 aliphatic heterocycles. The minimum absolute atomic E-state index is 0.0491. The van der Waals surface area contributed by atoms with Crippen LogP contribution in [0.3, 0.4) is 0 Å². The monoisotopic (exact) mass is 399 g/mol. The number of rotatable bonds is 7. The second-order valence-electron chi connectivity index (χ2n) is 7.44. The molecule has 0 aliphatic carbocycles. The fourth-order valence-corrected chi connectivity index (χ4v) is 3.77. The van der Waals surface area contributed by atoms with E-state index in [2.05, 4.69) is 39.8 Å². The summed E-state index contributed by atoms with van der Waals surface area (Å²) in [5.74, 6) is -0.399. The van der Waals surface area contributed by atoms with Crippen molar-refractivity contribution in [1.82, 2.24) is 5.32 Å². The number of carbonyl (C=O) groups is 2.